The van der Waals surface area contributed by atoms with Crippen LogP contribution in [0.5, 0.6) is 17.2 Å². The van der Waals surface area contributed by atoms with E-state index in [4.69, 9.17) is 14.2 Å². The minimum atomic E-state index is -1.23. The molecule has 1 unspecified atom stereocenters. The summed E-state index contributed by atoms with van der Waals surface area (Å²) in [5.41, 5.74) is -0.0292. The topological polar surface area (TPSA) is 106 Å². The molecule has 156 valence electrons. The highest BCUT2D eigenvalue weighted by Crippen LogP contribution is 2.28. The van der Waals surface area contributed by atoms with Gasteiger partial charge in [-0.1, -0.05) is 12.1 Å². The van der Waals surface area contributed by atoms with Crippen molar-refractivity contribution in [1.82, 2.24) is 5.32 Å². The van der Waals surface area contributed by atoms with Gasteiger partial charge in [-0.15, -0.1) is 0 Å². The molecule has 0 fully saturated rings. The highest BCUT2D eigenvalue weighted by Gasteiger charge is 2.24. The van der Waals surface area contributed by atoms with Crippen molar-refractivity contribution in [3.05, 3.63) is 48.0 Å². The first-order valence-electron chi connectivity index (χ1n) is 8.94. The van der Waals surface area contributed by atoms with Gasteiger partial charge in [-0.05, 0) is 36.8 Å². The number of methoxy groups -OCH3 is 3. The minimum Gasteiger partial charge on any atom is -0.497 e. The molecule has 0 heterocycles. The van der Waals surface area contributed by atoms with Crippen molar-refractivity contribution >= 4 is 17.5 Å². The van der Waals surface area contributed by atoms with Gasteiger partial charge in [0.25, 0.3) is 0 Å². The molecule has 0 spiro atoms. The predicted octanol–water partition coefficient (Wildman–Crippen LogP) is 1.76. The van der Waals surface area contributed by atoms with Gasteiger partial charge in [0.15, 0.2) is 0 Å². The first-order chi connectivity index (χ1) is 13.8. The van der Waals surface area contributed by atoms with Crippen LogP contribution in [0.3, 0.4) is 0 Å². The van der Waals surface area contributed by atoms with Crippen LogP contribution in [0.15, 0.2) is 42.5 Å². The Balaban J connectivity index is 1.92. The molecule has 0 bridgehead atoms. The van der Waals surface area contributed by atoms with Crippen LogP contribution in [-0.4, -0.2) is 50.4 Å². The van der Waals surface area contributed by atoms with Crippen LogP contribution in [0.2, 0.25) is 0 Å². The Labute approximate surface area is 169 Å². The molecule has 2 aromatic carbocycles. The molecule has 8 nitrogen and oxygen atoms in total. The first kappa shape index (κ1) is 22.0. The summed E-state index contributed by atoms with van der Waals surface area (Å²) >= 11 is 0. The lowest BCUT2D eigenvalue weighted by atomic mass is 9.96. The second-order valence-electron chi connectivity index (χ2n) is 6.72. The maximum atomic E-state index is 12.2. The van der Waals surface area contributed by atoms with E-state index >= 15 is 0 Å². The van der Waals surface area contributed by atoms with E-state index in [0.717, 1.165) is 5.56 Å². The average Bonchev–Trinajstić information content (AvgIpc) is 2.72. The number of aliphatic hydroxyl groups is 1. The fourth-order valence-corrected chi connectivity index (χ4v) is 2.68. The molecular formula is C21H26N2O6. The molecule has 29 heavy (non-hydrogen) atoms. The van der Waals surface area contributed by atoms with E-state index in [0.29, 0.717) is 29.4 Å². The third-order valence-corrected chi connectivity index (χ3v) is 4.24. The Morgan fingerprint density at radius 1 is 0.931 bits per heavy atom. The standard InChI is InChI=1S/C21H26N2O6/c1-21(26,12-14-5-7-15(27-2)8-6-14)13-22-19(24)20(25)23-17-10-9-16(28-3)11-18(17)29-4/h5-11,26H,12-13H2,1-4H3,(H,22,24)(H,23,25). The van der Waals surface area contributed by atoms with Crippen LogP contribution < -0.4 is 24.8 Å². The van der Waals surface area contributed by atoms with Gasteiger partial charge in [0.1, 0.15) is 17.2 Å². The van der Waals surface area contributed by atoms with E-state index in [1.165, 1.54) is 14.2 Å². The largest absolute Gasteiger partial charge is 0.497 e. The molecule has 3 N–H and O–H groups in total. The van der Waals surface area contributed by atoms with E-state index in [9.17, 15) is 14.7 Å². The Kier molecular flexibility index (Phi) is 7.44. The van der Waals surface area contributed by atoms with Crippen molar-refractivity contribution in [2.75, 3.05) is 33.2 Å². The summed E-state index contributed by atoms with van der Waals surface area (Å²) in [5.74, 6) is -0.102. The number of hydrogen-bond acceptors (Lipinski definition) is 6. The zero-order valence-corrected chi connectivity index (χ0v) is 16.9. The van der Waals surface area contributed by atoms with Gasteiger partial charge in [-0.3, -0.25) is 9.59 Å². The fraction of sp³-hybridized carbons (Fsp3) is 0.333. The van der Waals surface area contributed by atoms with E-state index in [1.807, 2.05) is 12.1 Å². The lowest BCUT2D eigenvalue weighted by molar-refractivity contribution is -0.136. The maximum Gasteiger partial charge on any atom is 0.313 e. The highest BCUT2D eigenvalue weighted by molar-refractivity contribution is 6.39. The molecule has 8 heteroatoms. The molecule has 2 rings (SSSR count). The quantitative estimate of drug-likeness (QED) is 0.581. The van der Waals surface area contributed by atoms with Gasteiger partial charge in [0, 0.05) is 19.0 Å². The zero-order chi connectivity index (χ0) is 21.4. The summed E-state index contributed by atoms with van der Waals surface area (Å²) < 4.78 is 15.4. The number of amides is 2. The van der Waals surface area contributed by atoms with Gasteiger partial charge in [0.05, 0.1) is 32.6 Å². The number of anilines is 1. The van der Waals surface area contributed by atoms with E-state index < -0.39 is 17.4 Å². The summed E-state index contributed by atoms with van der Waals surface area (Å²) in [6.45, 7) is 1.49. The lowest BCUT2D eigenvalue weighted by Gasteiger charge is -2.23. The van der Waals surface area contributed by atoms with Gasteiger partial charge in [-0.25, -0.2) is 0 Å². The summed E-state index contributed by atoms with van der Waals surface area (Å²) in [4.78, 5) is 24.3. The number of hydrogen-bond donors (Lipinski definition) is 3. The van der Waals surface area contributed by atoms with Crippen LogP contribution >= 0.6 is 0 Å². The van der Waals surface area contributed by atoms with E-state index in [2.05, 4.69) is 10.6 Å². The van der Waals surface area contributed by atoms with Crippen molar-refractivity contribution in [3.63, 3.8) is 0 Å². The minimum absolute atomic E-state index is 0.0922. The van der Waals surface area contributed by atoms with Crippen LogP contribution in [0.1, 0.15) is 12.5 Å². The molecule has 0 aliphatic rings. The van der Waals surface area contributed by atoms with Crippen LogP contribution in [-0.2, 0) is 16.0 Å². The first-order valence-corrected chi connectivity index (χ1v) is 8.94. The van der Waals surface area contributed by atoms with Crippen LogP contribution in [0, 0.1) is 0 Å². The molecular weight excluding hydrogens is 376 g/mol. The van der Waals surface area contributed by atoms with E-state index in [1.54, 1.807) is 44.4 Å². The fourth-order valence-electron chi connectivity index (χ4n) is 2.68. The number of rotatable bonds is 8. The number of nitrogens with one attached hydrogen (secondary N) is 2. The molecule has 2 amide bonds. The van der Waals surface area contributed by atoms with Crippen molar-refractivity contribution in [2.45, 2.75) is 18.9 Å². The van der Waals surface area contributed by atoms with Crippen molar-refractivity contribution in [2.24, 2.45) is 0 Å². The third-order valence-electron chi connectivity index (χ3n) is 4.24. The maximum absolute atomic E-state index is 12.2. The van der Waals surface area contributed by atoms with Crippen molar-refractivity contribution in [1.29, 1.82) is 0 Å². The Hall–Kier alpha value is -3.26. The molecule has 2 aromatic rings. The summed E-state index contributed by atoms with van der Waals surface area (Å²) in [7, 11) is 4.53. The van der Waals surface area contributed by atoms with Crippen LogP contribution in [0.4, 0.5) is 5.69 Å². The zero-order valence-electron chi connectivity index (χ0n) is 16.9. The SMILES string of the molecule is COc1ccc(CC(C)(O)CNC(=O)C(=O)Nc2ccc(OC)cc2OC)cc1. The summed E-state index contributed by atoms with van der Waals surface area (Å²) in [5, 5.41) is 15.5. The number of benzene rings is 2. The average molecular weight is 402 g/mol. The van der Waals surface area contributed by atoms with E-state index in [-0.39, 0.29) is 6.54 Å². The number of carbonyl (C=O) groups excluding carboxylic acids is 2. The van der Waals surface area contributed by atoms with Crippen LogP contribution in [0.25, 0.3) is 0 Å². The molecule has 0 aromatic heterocycles. The van der Waals surface area contributed by atoms with Gasteiger partial charge < -0.3 is 30.0 Å². The second-order valence-corrected chi connectivity index (χ2v) is 6.72. The summed E-state index contributed by atoms with van der Waals surface area (Å²) in [6, 6.07) is 12.0. The van der Waals surface area contributed by atoms with Crippen molar-refractivity contribution in [3.8, 4) is 17.2 Å². The smallest absolute Gasteiger partial charge is 0.313 e. The van der Waals surface area contributed by atoms with Gasteiger partial charge in [-0.2, -0.15) is 0 Å². The second kappa shape index (κ2) is 9.79. The monoisotopic (exact) mass is 402 g/mol. The lowest BCUT2D eigenvalue weighted by Crippen LogP contribution is -2.45. The predicted molar refractivity (Wildman–Crippen MR) is 109 cm³/mol. The van der Waals surface area contributed by atoms with Crippen molar-refractivity contribution < 1.29 is 28.9 Å². The molecule has 0 radical (unpaired) electrons. The Morgan fingerprint density at radius 3 is 2.14 bits per heavy atom. The molecule has 0 aliphatic carbocycles. The Bertz CT molecular complexity index is 849. The summed E-state index contributed by atoms with van der Waals surface area (Å²) in [6.07, 6.45) is 0.297. The van der Waals surface area contributed by atoms with Gasteiger partial charge in [0.2, 0.25) is 0 Å². The normalized spacial score (nSPS) is 12.4. The third kappa shape index (κ3) is 6.39. The van der Waals surface area contributed by atoms with Gasteiger partial charge >= 0.3 is 11.8 Å². The molecule has 0 saturated carbocycles. The number of ether oxygens (including phenoxy) is 3. The molecule has 1 atom stereocenters. The molecule has 0 saturated heterocycles. The highest BCUT2D eigenvalue weighted by atomic mass is 16.5. The molecule has 0 aliphatic heterocycles. The number of carbonyl (C=O) groups is 2. The Morgan fingerprint density at radius 2 is 1.55 bits per heavy atom.